The maximum atomic E-state index is 11.9. The fourth-order valence-corrected chi connectivity index (χ4v) is 2.34. The number of nitrogens with one attached hydrogen (secondary N) is 2. The molecule has 26 heavy (non-hydrogen) atoms. The van der Waals surface area contributed by atoms with Gasteiger partial charge in [0.1, 0.15) is 5.75 Å². The van der Waals surface area contributed by atoms with Crippen LogP contribution in [0.1, 0.15) is 23.6 Å². The molecule has 6 nitrogen and oxygen atoms in total. The third kappa shape index (κ3) is 5.32. The van der Waals surface area contributed by atoms with E-state index in [0.717, 1.165) is 11.1 Å². The van der Waals surface area contributed by atoms with Crippen molar-refractivity contribution in [3.8, 4) is 5.75 Å². The Hall–Kier alpha value is -2.86. The quantitative estimate of drug-likeness (QED) is 0.478. The van der Waals surface area contributed by atoms with Crippen molar-refractivity contribution in [2.24, 2.45) is 5.10 Å². The number of aryl methyl sites for hydroxylation is 2. The van der Waals surface area contributed by atoms with E-state index in [9.17, 15) is 9.59 Å². The third-order valence-electron chi connectivity index (χ3n) is 3.61. The van der Waals surface area contributed by atoms with Crippen LogP contribution < -0.4 is 15.5 Å². The molecule has 2 amide bonds. The molecule has 136 valence electrons. The molecule has 0 bridgehead atoms. The van der Waals surface area contributed by atoms with Crippen LogP contribution in [0, 0.1) is 13.8 Å². The van der Waals surface area contributed by atoms with Gasteiger partial charge in [0.2, 0.25) is 0 Å². The summed E-state index contributed by atoms with van der Waals surface area (Å²) in [5.74, 6) is -1.09. The summed E-state index contributed by atoms with van der Waals surface area (Å²) in [4.78, 5) is 23.7. The Morgan fingerprint density at radius 1 is 1.12 bits per heavy atom. The minimum atomic E-state index is -0.864. The largest absolute Gasteiger partial charge is 0.492 e. The summed E-state index contributed by atoms with van der Waals surface area (Å²) in [7, 11) is 0. The first-order valence-corrected chi connectivity index (χ1v) is 8.42. The molecule has 0 aliphatic rings. The summed E-state index contributed by atoms with van der Waals surface area (Å²) in [5.41, 5.74) is 5.52. The number of hydrogen-bond donors (Lipinski definition) is 2. The lowest BCUT2D eigenvalue weighted by Gasteiger charge is -2.07. The van der Waals surface area contributed by atoms with Crippen LogP contribution in [-0.4, -0.2) is 24.6 Å². The lowest BCUT2D eigenvalue weighted by Crippen LogP contribution is -2.32. The Labute approximate surface area is 157 Å². The number of hydrazone groups is 1. The van der Waals surface area contributed by atoms with Gasteiger partial charge in [0.15, 0.2) is 0 Å². The van der Waals surface area contributed by atoms with E-state index >= 15 is 0 Å². The summed E-state index contributed by atoms with van der Waals surface area (Å²) in [6.07, 6.45) is 1.39. The molecule has 0 aliphatic heterocycles. The van der Waals surface area contributed by atoms with E-state index in [1.807, 2.05) is 26.8 Å². The first-order valence-electron chi connectivity index (χ1n) is 8.04. The zero-order valence-electron chi connectivity index (χ0n) is 14.8. The highest BCUT2D eigenvalue weighted by Gasteiger charge is 2.13. The van der Waals surface area contributed by atoms with Gasteiger partial charge in [-0.05, 0) is 67.8 Å². The number of carbonyl (C=O) groups is 2. The molecule has 0 radical (unpaired) electrons. The fraction of sp³-hybridized carbons (Fsp3) is 0.211. The SMILES string of the molecule is CCOc1ccc(/C=N\NC(=O)C(=O)Nc2ccc(C)c(C)c2)cc1Cl. The molecule has 0 spiro atoms. The molecule has 0 saturated heterocycles. The first kappa shape index (κ1) is 19.5. The van der Waals surface area contributed by atoms with Crippen LogP contribution in [0.2, 0.25) is 5.02 Å². The Bertz CT molecular complexity index is 850. The number of ether oxygens (including phenoxy) is 1. The lowest BCUT2D eigenvalue weighted by atomic mass is 10.1. The van der Waals surface area contributed by atoms with Crippen molar-refractivity contribution in [2.75, 3.05) is 11.9 Å². The van der Waals surface area contributed by atoms with Crippen molar-refractivity contribution in [1.29, 1.82) is 0 Å². The van der Waals surface area contributed by atoms with Crippen molar-refractivity contribution in [1.82, 2.24) is 5.43 Å². The van der Waals surface area contributed by atoms with Gasteiger partial charge in [-0.15, -0.1) is 0 Å². The molecule has 0 atom stereocenters. The second kappa shape index (κ2) is 9.01. The molecule has 0 unspecified atom stereocenters. The van der Waals surface area contributed by atoms with Crippen LogP contribution in [0.4, 0.5) is 5.69 Å². The average Bonchev–Trinajstić information content (AvgIpc) is 2.60. The van der Waals surface area contributed by atoms with E-state index in [-0.39, 0.29) is 0 Å². The number of hydrogen-bond acceptors (Lipinski definition) is 4. The third-order valence-corrected chi connectivity index (χ3v) is 3.90. The number of nitrogens with zero attached hydrogens (tertiary/aromatic N) is 1. The van der Waals surface area contributed by atoms with Gasteiger partial charge < -0.3 is 10.1 Å². The second-order valence-corrected chi connectivity index (χ2v) is 5.98. The fourth-order valence-electron chi connectivity index (χ4n) is 2.09. The van der Waals surface area contributed by atoms with Gasteiger partial charge in [-0.2, -0.15) is 5.10 Å². The highest BCUT2D eigenvalue weighted by Crippen LogP contribution is 2.24. The van der Waals surface area contributed by atoms with Crippen LogP contribution in [0.25, 0.3) is 0 Å². The van der Waals surface area contributed by atoms with Crippen molar-refractivity contribution in [3.05, 3.63) is 58.1 Å². The van der Waals surface area contributed by atoms with Crippen LogP contribution in [0.5, 0.6) is 5.75 Å². The highest BCUT2D eigenvalue weighted by atomic mass is 35.5. The molecule has 0 aliphatic carbocycles. The van der Waals surface area contributed by atoms with E-state index < -0.39 is 11.8 Å². The second-order valence-electron chi connectivity index (χ2n) is 5.58. The first-order chi connectivity index (χ1) is 12.4. The molecule has 7 heteroatoms. The van der Waals surface area contributed by atoms with E-state index in [1.165, 1.54) is 6.21 Å². The van der Waals surface area contributed by atoms with Crippen LogP contribution >= 0.6 is 11.6 Å². The Morgan fingerprint density at radius 2 is 1.88 bits per heavy atom. The number of amides is 2. The van der Waals surface area contributed by atoms with Gasteiger partial charge in [0, 0.05) is 5.69 Å². The van der Waals surface area contributed by atoms with Gasteiger partial charge in [-0.25, -0.2) is 5.43 Å². The van der Waals surface area contributed by atoms with E-state index in [0.29, 0.717) is 28.6 Å². The van der Waals surface area contributed by atoms with Crippen LogP contribution in [-0.2, 0) is 9.59 Å². The average molecular weight is 374 g/mol. The number of benzene rings is 2. The number of anilines is 1. The summed E-state index contributed by atoms with van der Waals surface area (Å²) < 4.78 is 5.34. The Morgan fingerprint density at radius 3 is 2.54 bits per heavy atom. The summed E-state index contributed by atoms with van der Waals surface area (Å²) in [6, 6.07) is 10.5. The molecule has 2 N–H and O–H groups in total. The minimum absolute atomic E-state index is 0.439. The monoisotopic (exact) mass is 373 g/mol. The summed E-state index contributed by atoms with van der Waals surface area (Å²) >= 11 is 6.08. The van der Waals surface area contributed by atoms with Gasteiger partial charge in [0.05, 0.1) is 17.8 Å². The number of carbonyl (C=O) groups excluding carboxylic acids is 2. The minimum Gasteiger partial charge on any atom is -0.492 e. The molecule has 0 aromatic heterocycles. The molecular weight excluding hydrogens is 354 g/mol. The Kier molecular flexibility index (Phi) is 6.74. The Balaban J connectivity index is 1.92. The van der Waals surface area contributed by atoms with E-state index in [1.54, 1.807) is 30.3 Å². The zero-order valence-corrected chi connectivity index (χ0v) is 15.6. The molecule has 0 saturated carbocycles. The van der Waals surface area contributed by atoms with Crippen LogP contribution in [0.15, 0.2) is 41.5 Å². The van der Waals surface area contributed by atoms with Crippen LogP contribution in [0.3, 0.4) is 0 Å². The topological polar surface area (TPSA) is 79.8 Å². The van der Waals surface area contributed by atoms with Gasteiger partial charge in [0.25, 0.3) is 0 Å². The van der Waals surface area contributed by atoms with Crippen molar-refractivity contribution < 1.29 is 14.3 Å². The summed E-state index contributed by atoms with van der Waals surface area (Å²) in [6.45, 7) is 6.27. The van der Waals surface area contributed by atoms with Gasteiger partial charge >= 0.3 is 11.8 Å². The maximum Gasteiger partial charge on any atom is 0.329 e. The van der Waals surface area contributed by atoms with Crippen molar-refractivity contribution in [3.63, 3.8) is 0 Å². The summed E-state index contributed by atoms with van der Waals surface area (Å²) in [5, 5.41) is 6.73. The number of rotatable bonds is 5. The molecule has 0 heterocycles. The number of halogens is 1. The van der Waals surface area contributed by atoms with E-state index in [2.05, 4.69) is 15.8 Å². The van der Waals surface area contributed by atoms with E-state index in [4.69, 9.17) is 16.3 Å². The maximum absolute atomic E-state index is 11.9. The predicted octanol–water partition coefficient (Wildman–Crippen LogP) is 3.44. The highest BCUT2D eigenvalue weighted by molar-refractivity contribution is 6.39. The van der Waals surface area contributed by atoms with Gasteiger partial charge in [-0.1, -0.05) is 17.7 Å². The molecule has 2 rings (SSSR count). The molecular formula is C19H20ClN3O3. The lowest BCUT2D eigenvalue weighted by molar-refractivity contribution is -0.136. The molecule has 2 aromatic carbocycles. The van der Waals surface area contributed by atoms with Gasteiger partial charge in [-0.3, -0.25) is 9.59 Å². The molecule has 2 aromatic rings. The van der Waals surface area contributed by atoms with Crippen molar-refractivity contribution >= 4 is 35.3 Å². The molecule has 0 fully saturated rings. The standard InChI is InChI=1S/C19H20ClN3O3/c1-4-26-17-8-6-14(10-16(17)20)11-21-23-19(25)18(24)22-15-7-5-12(2)13(3)9-15/h5-11H,4H2,1-3H3,(H,22,24)(H,23,25)/b21-11-. The predicted molar refractivity (Wildman–Crippen MR) is 103 cm³/mol. The van der Waals surface area contributed by atoms with Crippen molar-refractivity contribution in [2.45, 2.75) is 20.8 Å². The smallest absolute Gasteiger partial charge is 0.329 e. The zero-order chi connectivity index (χ0) is 19.1. The normalized spacial score (nSPS) is 10.6.